The fourth-order valence-electron chi connectivity index (χ4n) is 1.18. The van der Waals surface area contributed by atoms with Crippen LogP contribution in [-0.2, 0) is 6.42 Å². The van der Waals surface area contributed by atoms with Crippen molar-refractivity contribution in [2.45, 2.75) is 19.2 Å². The number of ether oxygens (including phenoxy) is 1. The van der Waals surface area contributed by atoms with E-state index in [4.69, 9.17) is 10.4 Å². The molecule has 0 aliphatic carbocycles. The van der Waals surface area contributed by atoms with Crippen molar-refractivity contribution < 1.29 is 31.8 Å². The Bertz CT molecular complexity index is 481. The third-order valence-corrected chi connectivity index (χ3v) is 1.81. The van der Waals surface area contributed by atoms with Gasteiger partial charge in [0.1, 0.15) is 11.3 Å². The molecular weight excluding hydrogens is 263 g/mol. The first kappa shape index (κ1) is 14.0. The normalized spacial score (nSPS) is 11.4. The number of nitrogens with zero attached hydrogens (tertiary/aromatic N) is 2. The summed E-state index contributed by atoms with van der Waals surface area (Å²) >= 11 is 0. The van der Waals surface area contributed by atoms with Crippen LogP contribution in [0.4, 0.5) is 22.0 Å². The Balaban J connectivity index is 3.39. The monoisotopic (exact) mass is 268 g/mol. The van der Waals surface area contributed by atoms with E-state index < -0.39 is 42.0 Å². The van der Waals surface area contributed by atoms with Gasteiger partial charge in [0, 0.05) is 0 Å². The molecule has 98 valence electrons. The lowest BCUT2D eigenvalue weighted by atomic mass is 10.1. The molecule has 1 aromatic rings. The Hall–Kier alpha value is -2.11. The summed E-state index contributed by atoms with van der Waals surface area (Å²) in [7, 11) is 0. The highest BCUT2D eigenvalue weighted by atomic mass is 19.4. The fourth-order valence-corrected chi connectivity index (χ4v) is 1.18. The minimum absolute atomic E-state index is 0.539. The SMILES string of the molecule is N#CCc1ncc(O)c(C(F)F)c1OC(F)(F)F. The van der Waals surface area contributed by atoms with Crippen LogP contribution < -0.4 is 4.74 Å². The van der Waals surface area contributed by atoms with Crippen LogP contribution >= 0.6 is 0 Å². The molecule has 18 heavy (non-hydrogen) atoms. The number of pyridine rings is 1. The van der Waals surface area contributed by atoms with E-state index in [1.54, 1.807) is 0 Å². The minimum Gasteiger partial charge on any atom is -0.506 e. The minimum atomic E-state index is -5.23. The fraction of sp³-hybridized carbons (Fsp3) is 0.333. The number of hydrogen-bond acceptors (Lipinski definition) is 4. The Labute approximate surface area is 97.2 Å². The summed E-state index contributed by atoms with van der Waals surface area (Å²) in [6.07, 6.45) is -8.76. The molecule has 9 heteroatoms. The first-order valence-corrected chi connectivity index (χ1v) is 4.38. The zero-order chi connectivity index (χ0) is 13.9. The number of aromatic nitrogens is 1. The zero-order valence-electron chi connectivity index (χ0n) is 8.50. The molecular formula is C9H5F5N2O2. The summed E-state index contributed by atoms with van der Waals surface area (Å²) in [5.41, 5.74) is -1.96. The van der Waals surface area contributed by atoms with Gasteiger partial charge in [-0.05, 0) is 0 Å². The van der Waals surface area contributed by atoms with Crippen molar-refractivity contribution in [1.82, 2.24) is 4.98 Å². The second-order valence-corrected chi connectivity index (χ2v) is 3.02. The highest BCUT2D eigenvalue weighted by Gasteiger charge is 2.36. The predicted octanol–water partition coefficient (Wildman–Crippen LogP) is 2.69. The first-order chi connectivity index (χ1) is 8.26. The molecule has 0 saturated carbocycles. The molecule has 1 rings (SSSR count). The van der Waals surface area contributed by atoms with Crippen molar-refractivity contribution in [3.63, 3.8) is 0 Å². The Kier molecular flexibility index (Phi) is 3.90. The average Bonchev–Trinajstić information content (AvgIpc) is 2.19. The largest absolute Gasteiger partial charge is 0.573 e. The van der Waals surface area contributed by atoms with Crippen LogP contribution in [0.5, 0.6) is 11.5 Å². The van der Waals surface area contributed by atoms with E-state index in [9.17, 15) is 22.0 Å². The van der Waals surface area contributed by atoms with Gasteiger partial charge in [-0.3, -0.25) is 4.98 Å². The van der Waals surface area contributed by atoms with Gasteiger partial charge in [-0.25, -0.2) is 8.78 Å². The zero-order valence-corrected chi connectivity index (χ0v) is 8.50. The van der Waals surface area contributed by atoms with Crippen molar-refractivity contribution in [2.75, 3.05) is 0 Å². The van der Waals surface area contributed by atoms with E-state index in [0.717, 1.165) is 0 Å². The van der Waals surface area contributed by atoms with Gasteiger partial charge >= 0.3 is 6.36 Å². The van der Waals surface area contributed by atoms with Gasteiger partial charge in [-0.15, -0.1) is 13.2 Å². The maximum atomic E-state index is 12.6. The topological polar surface area (TPSA) is 66.1 Å². The van der Waals surface area contributed by atoms with E-state index >= 15 is 0 Å². The van der Waals surface area contributed by atoms with Crippen LogP contribution in [-0.4, -0.2) is 16.5 Å². The number of aromatic hydroxyl groups is 1. The summed E-state index contributed by atoms with van der Waals surface area (Å²) in [5.74, 6) is -2.47. The standard InChI is InChI=1S/C9H5F5N2O2/c10-8(11)6-5(17)3-16-4(1-2-15)7(6)18-9(12,13)14/h3,8,17H,1H2. The first-order valence-electron chi connectivity index (χ1n) is 4.38. The van der Waals surface area contributed by atoms with Gasteiger partial charge in [0.2, 0.25) is 0 Å². The molecule has 1 N–H and O–H groups in total. The molecule has 0 unspecified atom stereocenters. The number of hydrogen-bond donors (Lipinski definition) is 1. The van der Waals surface area contributed by atoms with E-state index in [1.807, 2.05) is 0 Å². The predicted molar refractivity (Wildman–Crippen MR) is 46.9 cm³/mol. The van der Waals surface area contributed by atoms with Crippen LogP contribution in [0.2, 0.25) is 0 Å². The number of alkyl halides is 5. The molecule has 1 heterocycles. The van der Waals surface area contributed by atoms with E-state index in [0.29, 0.717) is 6.20 Å². The van der Waals surface area contributed by atoms with Crippen LogP contribution in [0.1, 0.15) is 17.7 Å². The molecule has 1 aromatic heterocycles. The molecule has 0 saturated heterocycles. The number of halogens is 5. The Morgan fingerprint density at radius 2 is 2.06 bits per heavy atom. The second kappa shape index (κ2) is 5.03. The summed E-state index contributed by atoms with van der Waals surface area (Å²) < 4.78 is 64.8. The van der Waals surface area contributed by atoms with Crippen LogP contribution in [0, 0.1) is 11.3 Å². The third-order valence-electron chi connectivity index (χ3n) is 1.81. The molecule has 0 aliphatic rings. The quantitative estimate of drug-likeness (QED) is 0.856. The van der Waals surface area contributed by atoms with Crippen molar-refractivity contribution in [1.29, 1.82) is 5.26 Å². The Morgan fingerprint density at radius 3 is 2.50 bits per heavy atom. The molecule has 0 amide bonds. The number of nitriles is 1. The van der Waals surface area contributed by atoms with Crippen molar-refractivity contribution in [3.05, 3.63) is 17.5 Å². The van der Waals surface area contributed by atoms with Gasteiger partial charge in [-0.2, -0.15) is 5.26 Å². The summed E-state index contributed by atoms with van der Waals surface area (Å²) in [6.45, 7) is 0. The molecule has 0 atom stereocenters. The van der Waals surface area contributed by atoms with Crippen LogP contribution in [0.25, 0.3) is 0 Å². The Morgan fingerprint density at radius 1 is 1.44 bits per heavy atom. The average molecular weight is 268 g/mol. The molecule has 0 fully saturated rings. The summed E-state index contributed by atoms with van der Waals surface area (Å²) in [4.78, 5) is 3.26. The van der Waals surface area contributed by atoms with E-state index in [-0.39, 0.29) is 0 Å². The van der Waals surface area contributed by atoms with Gasteiger partial charge < -0.3 is 9.84 Å². The maximum absolute atomic E-state index is 12.6. The van der Waals surface area contributed by atoms with Crippen LogP contribution in [0.3, 0.4) is 0 Å². The lowest BCUT2D eigenvalue weighted by Gasteiger charge is -2.15. The highest BCUT2D eigenvalue weighted by Crippen LogP contribution is 2.40. The second-order valence-electron chi connectivity index (χ2n) is 3.02. The molecule has 0 bridgehead atoms. The van der Waals surface area contributed by atoms with Crippen LogP contribution in [0.15, 0.2) is 6.20 Å². The van der Waals surface area contributed by atoms with Gasteiger partial charge in [-0.1, -0.05) is 0 Å². The maximum Gasteiger partial charge on any atom is 0.573 e. The smallest absolute Gasteiger partial charge is 0.506 e. The molecule has 0 aromatic carbocycles. The van der Waals surface area contributed by atoms with Crippen molar-refractivity contribution >= 4 is 0 Å². The lowest BCUT2D eigenvalue weighted by Crippen LogP contribution is -2.20. The van der Waals surface area contributed by atoms with Gasteiger partial charge in [0.05, 0.1) is 24.4 Å². The lowest BCUT2D eigenvalue weighted by molar-refractivity contribution is -0.275. The van der Waals surface area contributed by atoms with E-state index in [1.165, 1.54) is 6.07 Å². The molecule has 0 aliphatic heterocycles. The van der Waals surface area contributed by atoms with Gasteiger partial charge in [0.15, 0.2) is 5.75 Å². The molecule has 0 spiro atoms. The number of rotatable bonds is 3. The van der Waals surface area contributed by atoms with E-state index in [2.05, 4.69) is 9.72 Å². The van der Waals surface area contributed by atoms with Crippen molar-refractivity contribution in [2.24, 2.45) is 0 Å². The molecule has 4 nitrogen and oxygen atoms in total. The summed E-state index contributed by atoms with van der Waals surface area (Å²) in [6, 6.07) is 1.46. The van der Waals surface area contributed by atoms with Gasteiger partial charge in [0.25, 0.3) is 6.43 Å². The molecule has 0 radical (unpaired) electrons. The van der Waals surface area contributed by atoms with Crippen molar-refractivity contribution in [3.8, 4) is 17.6 Å². The summed E-state index contributed by atoms with van der Waals surface area (Å²) in [5, 5.41) is 17.4. The third kappa shape index (κ3) is 3.19. The highest BCUT2D eigenvalue weighted by molar-refractivity contribution is 5.47.